The van der Waals surface area contributed by atoms with Crippen molar-refractivity contribution < 1.29 is 9.90 Å². The molecule has 0 unspecified atom stereocenters. The zero-order valence-corrected chi connectivity index (χ0v) is 10.6. The highest BCUT2D eigenvalue weighted by atomic mass is 16.4. The fraction of sp³-hybridized carbons (Fsp3) is 0.143. The van der Waals surface area contributed by atoms with Crippen molar-refractivity contribution in [2.45, 2.75) is 6.92 Å². The van der Waals surface area contributed by atoms with E-state index in [0.717, 1.165) is 16.6 Å². The molecule has 0 spiro atoms. The van der Waals surface area contributed by atoms with Crippen molar-refractivity contribution >= 4 is 16.9 Å². The number of rotatable bonds is 2. The Labute approximate surface area is 109 Å². The molecule has 1 aromatic carbocycles. The molecule has 3 rings (SSSR count). The van der Waals surface area contributed by atoms with E-state index in [1.165, 1.54) is 11.8 Å². The van der Waals surface area contributed by atoms with Gasteiger partial charge in [0, 0.05) is 18.0 Å². The van der Waals surface area contributed by atoms with Crippen molar-refractivity contribution in [2.75, 3.05) is 0 Å². The van der Waals surface area contributed by atoms with Crippen molar-refractivity contribution in [1.29, 1.82) is 0 Å². The maximum Gasteiger partial charge on any atom is 0.339 e. The van der Waals surface area contributed by atoms with E-state index in [0.29, 0.717) is 5.69 Å². The lowest BCUT2D eigenvalue weighted by Crippen LogP contribution is -2.00. The minimum absolute atomic E-state index is 0.200. The number of nitrogens with zero attached hydrogens (tertiary/aromatic N) is 2. The Bertz CT molecular complexity index is 783. The third kappa shape index (κ3) is 1.79. The van der Waals surface area contributed by atoms with E-state index in [-0.39, 0.29) is 5.56 Å². The highest BCUT2D eigenvalue weighted by Gasteiger charge is 2.18. The number of aromatic amines is 1. The molecule has 0 saturated carbocycles. The summed E-state index contributed by atoms with van der Waals surface area (Å²) in [7, 11) is 1.73. The van der Waals surface area contributed by atoms with E-state index in [2.05, 4.69) is 16.1 Å². The van der Waals surface area contributed by atoms with Crippen molar-refractivity contribution in [1.82, 2.24) is 14.8 Å². The van der Waals surface area contributed by atoms with Gasteiger partial charge in [-0.05, 0) is 25.1 Å². The van der Waals surface area contributed by atoms with Gasteiger partial charge >= 0.3 is 5.97 Å². The number of nitrogens with one attached hydrogen (secondary N) is 1. The maximum atomic E-state index is 11.2. The van der Waals surface area contributed by atoms with Crippen LogP contribution >= 0.6 is 0 Å². The van der Waals surface area contributed by atoms with Gasteiger partial charge in [-0.15, -0.1) is 0 Å². The van der Waals surface area contributed by atoms with Gasteiger partial charge in [0.05, 0.1) is 17.6 Å². The summed E-state index contributed by atoms with van der Waals surface area (Å²) in [4.78, 5) is 14.4. The van der Waals surface area contributed by atoms with Gasteiger partial charge in [-0.1, -0.05) is 11.6 Å². The average Bonchev–Trinajstić information content (AvgIpc) is 2.91. The van der Waals surface area contributed by atoms with Crippen LogP contribution < -0.4 is 0 Å². The molecule has 0 radical (unpaired) electrons. The molecule has 0 saturated heterocycles. The van der Waals surface area contributed by atoms with Crippen LogP contribution in [0.15, 0.2) is 30.5 Å². The Hall–Kier alpha value is -2.56. The number of hydrogen-bond acceptors (Lipinski definition) is 2. The Morgan fingerprint density at radius 1 is 1.37 bits per heavy atom. The zero-order valence-electron chi connectivity index (χ0n) is 10.6. The van der Waals surface area contributed by atoms with Crippen LogP contribution in [0.1, 0.15) is 15.9 Å². The molecule has 96 valence electrons. The number of benzene rings is 1. The number of fused-ring (bicyclic) bond motifs is 1. The molecule has 2 heterocycles. The standard InChI is InChI=1S/C14H13N3O2/c1-8-3-4-11-9(5-8)6-12(16-11)13-10(14(18)19)7-15-17(13)2/h3-7,16H,1-2H3,(H,18,19). The van der Waals surface area contributed by atoms with Crippen LogP contribution in [-0.4, -0.2) is 25.8 Å². The van der Waals surface area contributed by atoms with Crippen LogP contribution in [0.5, 0.6) is 0 Å². The molecule has 0 atom stereocenters. The molecular formula is C14H13N3O2. The first kappa shape index (κ1) is 11.5. The third-order valence-corrected chi connectivity index (χ3v) is 3.20. The second kappa shape index (κ2) is 3.98. The number of H-pyrrole nitrogens is 1. The lowest BCUT2D eigenvalue weighted by molar-refractivity contribution is 0.0697. The minimum atomic E-state index is -0.974. The predicted octanol–water partition coefficient (Wildman–Crippen LogP) is 2.58. The lowest BCUT2D eigenvalue weighted by atomic mass is 10.1. The van der Waals surface area contributed by atoms with E-state index in [9.17, 15) is 9.90 Å². The highest BCUT2D eigenvalue weighted by molar-refractivity contribution is 5.96. The van der Waals surface area contributed by atoms with E-state index in [4.69, 9.17) is 0 Å². The molecule has 0 aliphatic heterocycles. The van der Waals surface area contributed by atoms with Crippen LogP contribution in [0, 0.1) is 6.92 Å². The molecule has 0 bridgehead atoms. The summed E-state index contributed by atoms with van der Waals surface area (Å²) in [5.41, 5.74) is 3.70. The van der Waals surface area contributed by atoms with Gasteiger partial charge in [-0.25, -0.2) is 4.79 Å². The van der Waals surface area contributed by atoms with Crippen molar-refractivity contribution in [3.63, 3.8) is 0 Å². The van der Waals surface area contributed by atoms with E-state index < -0.39 is 5.97 Å². The number of carboxylic acid groups (broad SMARTS) is 1. The minimum Gasteiger partial charge on any atom is -0.478 e. The third-order valence-electron chi connectivity index (χ3n) is 3.20. The molecule has 19 heavy (non-hydrogen) atoms. The van der Waals surface area contributed by atoms with Crippen LogP contribution in [0.3, 0.4) is 0 Å². The SMILES string of the molecule is Cc1ccc2[nH]c(-c3c(C(=O)O)cnn3C)cc2c1. The van der Waals surface area contributed by atoms with E-state index in [1.807, 2.05) is 25.1 Å². The monoisotopic (exact) mass is 255 g/mol. The van der Waals surface area contributed by atoms with Crippen molar-refractivity contribution in [3.05, 3.63) is 41.6 Å². The summed E-state index contributed by atoms with van der Waals surface area (Å²) in [6, 6.07) is 8.02. The molecule has 5 heteroatoms. The van der Waals surface area contributed by atoms with Crippen LogP contribution in [0.2, 0.25) is 0 Å². The van der Waals surface area contributed by atoms with E-state index >= 15 is 0 Å². The summed E-state index contributed by atoms with van der Waals surface area (Å²) >= 11 is 0. The summed E-state index contributed by atoms with van der Waals surface area (Å²) in [5, 5.41) is 14.3. The second-order valence-electron chi connectivity index (χ2n) is 4.61. The molecule has 0 fully saturated rings. The molecule has 3 aromatic rings. The van der Waals surface area contributed by atoms with E-state index in [1.54, 1.807) is 11.7 Å². The summed E-state index contributed by atoms with van der Waals surface area (Å²) in [6.45, 7) is 2.03. The number of carbonyl (C=O) groups is 1. The molecule has 0 aliphatic carbocycles. The Kier molecular flexibility index (Phi) is 2.41. The molecule has 2 N–H and O–H groups in total. The van der Waals surface area contributed by atoms with Crippen LogP contribution in [0.4, 0.5) is 0 Å². The number of aromatic nitrogens is 3. The Balaban J connectivity index is 2.24. The zero-order chi connectivity index (χ0) is 13.6. The van der Waals surface area contributed by atoms with Crippen molar-refractivity contribution in [3.8, 4) is 11.4 Å². The number of aromatic carboxylic acids is 1. The van der Waals surface area contributed by atoms with Gasteiger partial charge in [0.25, 0.3) is 0 Å². The Morgan fingerprint density at radius 2 is 2.16 bits per heavy atom. The number of carboxylic acids is 1. The van der Waals surface area contributed by atoms with Gasteiger partial charge < -0.3 is 10.1 Å². The van der Waals surface area contributed by atoms with Crippen LogP contribution in [-0.2, 0) is 7.05 Å². The molecule has 5 nitrogen and oxygen atoms in total. The molecule has 2 aromatic heterocycles. The summed E-state index contributed by atoms with van der Waals surface area (Å²) in [5.74, 6) is -0.974. The summed E-state index contributed by atoms with van der Waals surface area (Å²) in [6.07, 6.45) is 1.37. The second-order valence-corrected chi connectivity index (χ2v) is 4.61. The number of aryl methyl sites for hydroxylation is 2. The smallest absolute Gasteiger partial charge is 0.339 e. The quantitative estimate of drug-likeness (QED) is 0.739. The first-order valence-corrected chi connectivity index (χ1v) is 5.91. The van der Waals surface area contributed by atoms with Gasteiger partial charge in [0.1, 0.15) is 5.56 Å². The predicted molar refractivity (Wildman–Crippen MR) is 72.2 cm³/mol. The Morgan fingerprint density at radius 3 is 2.89 bits per heavy atom. The average molecular weight is 255 g/mol. The number of hydrogen-bond donors (Lipinski definition) is 2. The highest BCUT2D eigenvalue weighted by Crippen LogP contribution is 2.27. The van der Waals surface area contributed by atoms with Gasteiger partial charge in [-0.3, -0.25) is 4.68 Å². The fourth-order valence-electron chi connectivity index (χ4n) is 2.29. The maximum absolute atomic E-state index is 11.2. The molecule has 0 aliphatic rings. The van der Waals surface area contributed by atoms with Crippen LogP contribution in [0.25, 0.3) is 22.3 Å². The normalized spacial score (nSPS) is 11.1. The topological polar surface area (TPSA) is 70.9 Å². The van der Waals surface area contributed by atoms with Crippen molar-refractivity contribution in [2.24, 2.45) is 7.05 Å². The molecule has 0 amide bonds. The molecular weight excluding hydrogens is 242 g/mol. The van der Waals surface area contributed by atoms with Gasteiger partial charge in [-0.2, -0.15) is 5.10 Å². The van der Waals surface area contributed by atoms with Gasteiger partial charge in [0.2, 0.25) is 0 Å². The first-order chi connectivity index (χ1) is 9.06. The summed E-state index contributed by atoms with van der Waals surface area (Å²) < 4.78 is 1.57. The largest absolute Gasteiger partial charge is 0.478 e. The lowest BCUT2D eigenvalue weighted by Gasteiger charge is -2.00. The fourth-order valence-corrected chi connectivity index (χ4v) is 2.29. The first-order valence-electron chi connectivity index (χ1n) is 5.91. The van der Waals surface area contributed by atoms with Gasteiger partial charge in [0.15, 0.2) is 0 Å².